The van der Waals surface area contributed by atoms with Crippen LogP contribution in [0.1, 0.15) is 38.1 Å². The van der Waals surface area contributed by atoms with Crippen molar-refractivity contribution in [3.63, 3.8) is 0 Å². The number of fused-ring (bicyclic) bond motifs is 1. The summed E-state index contributed by atoms with van der Waals surface area (Å²) in [6.07, 6.45) is -1.51. The molecule has 1 aromatic heterocycles. The quantitative estimate of drug-likeness (QED) is 0.661. The Morgan fingerprint density at radius 1 is 1.27 bits per heavy atom. The Hall–Kier alpha value is -3.14. The van der Waals surface area contributed by atoms with Gasteiger partial charge in [-0.25, -0.2) is 9.59 Å². The molecular weight excluding hydrogens is 392 g/mol. The Kier molecular flexibility index (Phi) is 5.71. The Labute approximate surface area is 172 Å². The van der Waals surface area contributed by atoms with Crippen LogP contribution in [0.25, 0.3) is 10.9 Å². The van der Waals surface area contributed by atoms with Gasteiger partial charge in [0.05, 0.1) is 29.6 Å². The molecular formula is C20H26N4O6. The van der Waals surface area contributed by atoms with Gasteiger partial charge in [-0.1, -0.05) is 0 Å². The number of amides is 2. The lowest BCUT2D eigenvalue weighted by Crippen LogP contribution is -2.43. The van der Waals surface area contributed by atoms with Crippen LogP contribution in [0.4, 0.5) is 4.79 Å². The van der Waals surface area contributed by atoms with Crippen molar-refractivity contribution in [1.29, 1.82) is 0 Å². The van der Waals surface area contributed by atoms with Crippen molar-refractivity contribution in [3.05, 3.63) is 44.6 Å². The number of rotatable bonds is 3. The standard InChI is InChI=1S/C20H26N4O6/c1-5-24-17(27)12-7-6-11(8-13(12)22-18(24)28)16(26)21-14-9-23(10-15(14)25)19(29)30-20(2,3)4/h6-8,14-15,25H,5,9-10H2,1-4H3,(H,21,26)(H,22,28)/t14-,15-/m1/s1. The van der Waals surface area contributed by atoms with Gasteiger partial charge in [-0.2, -0.15) is 0 Å². The van der Waals surface area contributed by atoms with Crippen LogP contribution in [0.15, 0.2) is 27.8 Å². The first-order valence-corrected chi connectivity index (χ1v) is 9.74. The number of aromatic amines is 1. The third kappa shape index (κ3) is 4.38. The van der Waals surface area contributed by atoms with Crippen molar-refractivity contribution in [2.24, 2.45) is 0 Å². The summed E-state index contributed by atoms with van der Waals surface area (Å²) < 4.78 is 6.37. The summed E-state index contributed by atoms with van der Waals surface area (Å²) in [4.78, 5) is 53.1. The lowest BCUT2D eigenvalue weighted by molar-refractivity contribution is 0.0269. The summed E-state index contributed by atoms with van der Waals surface area (Å²) in [7, 11) is 0. The molecule has 3 N–H and O–H groups in total. The smallest absolute Gasteiger partial charge is 0.410 e. The Bertz CT molecular complexity index is 1100. The van der Waals surface area contributed by atoms with Gasteiger partial charge in [0.15, 0.2) is 0 Å². The molecule has 1 aromatic carbocycles. The molecule has 0 bridgehead atoms. The summed E-state index contributed by atoms with van der Waals surface area (Å²) >= 11 is 0. The number of nitrogens with zero attached hydrogens (tertiary/aromatic N) is 2. The highest BCUT2D eigenvalue weighted by molar-refractivity contribution is 5.97. The fraction of sp³-hybridized carbons (Fsp3) is 0.500. The molecule has 0 aliphatic carbocycles. The minimum absolute atomic E-state index is 0.0431. The predicted molar refractivity (Wildman–Crippen MR) is 110 cm³/mol. The summed E-state index contributed by atoms with van der Waals surface area (Å²) in [5, 5.41) is 13.2. The molecule has 2 amide bonds. The predicted octanol–water partition coefficient (Wildman–Crippen LogP) is 0.420. The van der Waals surface area contributed by atoms with E-state index in [0.717, 1.165) is 4.57 Å². The van der Waals surface area contributed by atoms with Gasteiger partial charge in [-0.15, -0.1) is 0 Å². The molecule has 2 heterocycles. The fourth-order valence-electron chi connectivity index (χ4n) is 3.34. The van der Waals surface area contributed by atoms with E-state index in [1.165, 1.54) is 23.1 Å². The average molecular weight is 418 g/mol. The van der Waals surface area contributed by atoms with Crippen molar-refractivity contribution in [3.8, 4) is 0 Å². The number of aromatic nitrogens is 2. The lowest BCUT2D eigenvalue weighted by Gasteiger charge is -2.24. The van der Waals surface area contributed by atoms with Crippen LogP contribution in [0.3, 0.4) is 0 Å². The molecule has 2 atom stereocenters. The zero-order valence-corrected chi connectivity index (χ0v) is 17.4. The first kappa shape index (κ1) is 21.6. The fourth-order valence-corrected chi connectivity index (χ4v) is 3.34. The van der Waals surface area contributed by atoms with Crippen molar-refractivity contribution < 1.29 is 19.4 Å². The van der Waals surface area contributed by atoms with Crippen molar-refractivity contribution in [1.82, 2.24) is 19.8 Å². The number of aliphatic hydroxyl groups excluding tert-OH is 1. The van der Waals surface area contributed by atoms with Gasteiger partial charge in [0, 0.05) is 18.7 Å². The number of nitrogens with one attached hydrogen (secondary N) is 2. The molecule has 10 nitrogen and oxygen atoms in total. The van der Waals surface area contributed by atoms with Gasteiger partial charge in [0.1, 0.15) is 5.60 Å². The molecule has 3 rings (SSSR count). The monoisotopic (exact) mass is 418 g/mol. The molecule has 0 spiro atoms. The highest BCUT2D eigenvalue weighted by Gasteiger charge is 2.37. The molecule has 1 fully saturated rings. The number of H-pyrrole nitrogens is 1. The topological polar surface area (TPSA) is 134 Å². The SMILES string of the molecule is CCn1c(=O)[nH]c2cc(C(=O)N[C@@H]3CN(C(=O)OC(C)(C)C)C[C@H]3O)ccc2c1=O. The normalized spacial score (nSPS) is 19.2. The maximum absolute atomic E-state index is 12.7. The maximum atomic E-state index is 12.7. The second kappa shape index (κ2) is 7.94. The molecule has 1 saturated heterocycles. The number of ether oxygens (including phenoxy) is 1. The minimum atomic E-state index is -0.946. The van der Waals surface area contributed by atoms with Gasteiger partial charge < -0.3 is 25.0 Å². The number of aliphatic hydroxyl groups is 1. The molecule has 2 aromatic rings. The van der Waals surface area contributed by atoms with E-state index in [1.54, 1.807) is 27.7 Å². The first-order chi connectivity index (χ1) is 14.0. The first-order valence-electron chi connectivity index (χ1n) is 9.74. The van der Waals surface area contributed by atoms with E-state index in [1.807, 2.05) is 0 Å². The molecule has 0 unspecified atom stereocenters. The lowest BCUT2D eigenvalue weighted by atomic mass is 10.1. The second-order valence-corrected chi connectivity index (χ2v) is 8.27. The van der Waals surface area contributed by atoms with E-state index >= 15 is 0 Å². The number of β-amino-alcohol motifs (C(OH)–C–C–N with tert-alkyl or cyclic N) is 1. The van der Waals surface area contributed by atoms with Crippen LogP contribution in [0, 0.1) is 0 Å². The van der Waals surface area contributed by atoms with Gasteiger partial charge in [0.2, 0.25) is 0 Å². The molecule has 0 radical (unpaired) electrons. The zero-order chi connectivity index (χ0) is 22.2. The Morgan fingerprint density at radius 2 is 1.97 bits per heavy atom. The largest absolute Gasteiger partial charge is 0.444 e. The third-order valence-electron chi connectivity index (χ3n) is 4.82. The van der Waals surface area contributed by atoms with Crippen LogP contribution < -0.4 is 16.6 Å². The summed E-state index contributed by atoms with van der Waals surface area (Å²) in [5.41, 5.74) is -1.17. The van der Waals surface area contributed by atoms with Gasteiger partial charge in [0.25, 0.3) is 11.5 Å². The summed E-state index contributed by atoms with van der Waals surface area (Å²) in [6.45, 7) is 7.31. The molecule has 1 aliphatic heterocycles. The number of carbonyl (C=O) groups is 2. The minimum Gasteiger partial charge on any atom is -0.444 e. The summed E-state index contributed by atoms with van der Waals surface area (Å²) in [5.74, 6) is -0.493. The second-order valence-electron chi connectivity index (χ2n) is 8.27. The van der Waals surface area contributed by atoms with E-state index in [2.05, 4.69) is 10.3 Å². The van der Waals surface area contributed by atoms with Crippen LogP contribution in [-0.2, 0) is 11.3 Å². The maximum Gasteiger partial charge on any atom is 0.410 e. The number of carbonyl (C=O) groups excluding carboxylic acids is 2. The Balaban J connectivity index is 1.76. The number of hydrogen-bond donors (Lipinski definition) is 3. The third-order valence-corrected chi connectivity index (χ3v) is 4.82. The molecule has 1 aliphatic rings. The number of benzene rings is 1. The van der Waals surface area contributed by atoms with Crippen molar-refractivity contribution in [2.45, 2.75) is 52.0 Å². The van der Waals surface area contributed by atoms with E-state index in [0.29, 0.717) is 5.39 Å². The van der Waals surface area contributed by atoms with Gasteiger partial charge in [-0.05, 0) is 45.9 Å². The van der Waals surface area contributed by atoms with Crippen molar-refractivity contribution in [2.75, 3.05) is 13.1 Å². The molecule has 10 heteroatoms. The molecule has 0 saturated carbocycles. The van der Waals surface area contributed by atoms with Crippen molar-refractivity contribution >= 4 is 22.9 Å². The van der Waals surface area contributed by atoms with E-state index in [-0.39, 0.29) is 30.7 Å². The summed E-state index contributed by atoms with van der Waals surface area (Å²) in [6, 6.07) is 3.70. The number of hydrogen-bond acceptors (Lipinski definition) is 6. The van der Waals surface area contributed by atoms with Crippen LogP contribution >= 0.6 is 0 Å². The van der Waals surface area contributed by atoms with E-state index in [4.69, 9.17) is 4.74 Å². The van der Waals surface area contributed by atoms with Crippen LogP contribution in [0.2, 0.25) is 0 Å². The van der Waals surface area contributed by atoms with Gasteiger partial charge >= 0.3 is 11.8 Å². The molecule has 30 heavy (non-hydrogen) atoms. The zero-order valence-electron chi connectivity index (χ0n) is 17.4. The van der Waals surface area contributed by atoms with E-state index < -0.39 is 41.0 Å². The van der Waals surface area contributed by atoms with Crippen LogP contribution in [0.5, 0.6) is 0 Å². The highest BCUT2D eigenvalue weighted by Crippen LogP contribution is 2.17. The number of likely N-dealkylation sites (tertiary alicyclic amines) is 1. The highest BCUT2D eigenvalue weighted by atomic mass is 16.6. The average Bonchev–Trinajstić information content (AvgIpc) is 3.01. The molecule has 162 valence electrons. The van der Waals surface area contributed by atoms with Gasteiger partial charge in [-0.3, -0.25) is 14.2 Å². The Morgan fingerprint density at radius 3 is 2.60 bits per heavy atom. The van der Waals surface area contributed by atoms with E-state index in [9.17, 15) is 24.3 Å². The van der Waals surface area contributed by atoms with Crippen LogP contribution in [-0.4, -0.2) is 62.4 Å².